The molecular weight excluding hydrogens is 342 g/mol. The molecule has 138 valence electrons. The SMILES string of the molecule is CCN1C[C@H](CN(C)C(=S)Nc2ccc(C)c(C)c2)Oc2ccccc21. The van der Waals surface area contributed by atoms with E-state index in [9.17, 15) is 0 Å². The van der Waals surface area contributed by atoms with Crippen LogP contribution in [-0.4, -0.2) is 42.8 Å². The molecule has 0 fully saturated rings. The lowest BCUT2D eigenvalue weighted by Crippen LogP contribution is -2.47. The fourth-order valence-corrected chi connectivity index (χ4v) is 3.39. The third-order valence-electron chi connectivity index (χ3n) is 4.89. The Morgan fingerprint density at radius 1 is 1.23 bits per heavy atom. The van der Waals surface area contributed by atoms with Gasteiger partial charge in [0.2, 0.25) is 0 Å². The van der Waals surface area contributed by atoms with Crippen molar-refractivity contribution in [2.45, 2.75) is 26.9 Å². The number of benzene rings is 2. The van der Waals surface area contributed by atoms with E-state index in [2.05, 4.69) is 66.2 Å². The normalized spacial score (nSPS) is 15.8. The van der Waals surface area contributed by atoms with Crippen molar-refractivity contribution < 1.29 is 4.74 Å². The highest BCUT2D eigenvalue weighted by Crippen LogP contribution is 2.32. The molecule has 0 saturated carbocycles. The van der Waals surface area contributed by atoms with Crippen molar-refractivity contribution in [1.29, 1.82) is 0 Å². The van der Waals surface area contributed by atoms with E-state index in [1.807, 2.05) is 19.2 Å². The number of ether oxygens (including phenoxy) is 1. The minimum atomic E-state index is 0.0781. The Balaban J connectivity index is 1.63. The van der Waals surface area contributed by atoms with Crippen molar-refractivity contribution in [3.8, 4) is 5.75 Å². The third-order valence-corrected chi connectivity index (χ3v) is 5.30. The predicted molar refractivity (Wildman–Crippen MR) is 114 cm³/mol. The zero-order valence-corrected chi connectivity index (χ0v) is 16.8. The molecule has 3 rings (SSSR count). The van der Waals surface area contributed by atoms with Crippen LogP contribution in [0.15, 0.2) is 42.5 Å². The molecule has 1 N–H and O–H groups in total. The Morgan fingerprint density at radius 3 is 2.73 bits per heavy atom. The largest absolute Gasteiger partial charge is 0.485 e. The van der Waals surface area contributed by atoms with Crippen molar-refractivity contribution in [2.75, 3.05) is 36.9 Å². The zero-order valence-electron chi connectivity index (χ0n) is 16.0. The number of aryl methyl sites for hydroxylation is 2. The molecule has 0 amide bonds. The van der Waals surface area contributed by atoms with Gasteiger partial charge in [0, 0.05) is 19.3 Å². The Morgan fingerprint density at radius 2 is 2.00 bits per heavy atom. The van der Waals surface area contributed by atoms with Crippen LogP contribution in [0.5, 0.6) is 5.75 Å². The fourth-order valence-electron chi connectivity index (χ4n) is 3.20. The summed E-state index contributed by atoms with van der Waals surface area (Å²) in [6, 6.07) is 14.5. The van der Waals surface area contributed by atoms with Crippen LogP contribution in [0.2, 0.25) is 0 Å². The van der Waals surface area contributed by atoms with Gasteiger partial charge in [0.15, 0.2) is 5.11 Å². The monoisotopic (exact) mass is 369 g/mol. The van der Waals surface area contributed by atoms with Gasteiger partial charge < -0.3 is 19.9 Å². The van der Waals surface area contributed by atoms with Crippen LogP contribution in [-0.2, 0) is 0 Å². The average Bonchev–Trinajstić information content (AvgIpc) is 2.64. The van der Waals surface area contributed by atoms with Gasteiger partial charge in [-0.15, -0.1) is 0 Å². The number of thiocarbonyl (C=S) groups is 1. The van der Waals surface area contributed by atoms with Gasteiger partial charge in [0.1, 0.15) is 11.9 Å². The predicted octanol–water partition coefficient (Wildman–Crippen LogP) is 4.22. The van der Waals surface area contributed by atoms with Crippen LogP contribution in [0.25, 0.3) is 0 Å². The first-order chi connectivity index (χ1) is 12.5. The van der Waals surface area contributed by atoms with Crippen molar-refractivity contribution in [1.82, 2.24) is 4.90 Å². The minimum Gasteiger partial charge on any atom is -0.485 e. The average molecular weight is 370 g/mol. The molecule has 1 atom stereocenters. The molecule has 0 bridgehead atoms. The molecule has 1 aliphatic rings. The van der Waals surface area contributed by atoms with E-state index >= 15 is 0 Å². The van der Waals surface area contributed by atoms with Crippen LogP contribution < -0.4 is 15.0 Å². The summed E-state index contributed by atoms with van der Waals surface area (Å²) in [5, 5.41) is 4.04. The topological polar surface area (TPSA) is 27.7 Å². The van der Waals surface area contributed by atoms with Crippen molar-refractivity contribution in [3.63, 3.8) is 0 Å². The van der Waals surface area contributed by atoms with E-state index in [4.69, 9.17) is 17.0 Å². The molecule has 0 spiro atoms. The number of hydrogen-bond donors (Lipinski definition) is 1. The maximum absolute atomic E-state index is 6.20. The summed E-state index contributed by atoms with van der Waals surface area (Å²) in [6.07, 6.45) is 0.0781. The highest BCUT2D eigenvalue weighted by Gasteiger charge is 2.26. The number of rotatable bonds is 4. The second-order valence-electron chi connectivity index (χ2n) is 6.86. The van der Waals surface area contributed by atoms with Crippen LogP contribution >= 0.6 is 12.2 Å². The summed E-state index contributed by atoms with van der Waals surface area (Å²) >= 11 is 5.58. The first-order valence-corrected chi connectivity index (χ1v) is 9.48. The van der Waals surface area contributed by atoms with E-state index in [1.165, 1.54) is 16.8 Å². The number of fused-ring (bicyclic) bond motifs is 1. The second kappa shape index (κ2) is 7.96. The summed E-state index contributed by atoms with van der Waals surface area (Å²) in [6.45, 7) is 8.97. The molecule has 0 aromatic heterocycles. The molecular formula is C21H27N3OS. The molecule has 4 nitrogen and oxygen atoms in total. The summed E-state index contributed by atoms with van der Waals surface area (Å²) in [5.74, 6) is 0.951. The van der Waals surface area contributed by atoms with Crippen molar-refractivity contribution in [3.05, 3.63) is 53.6 Å². The highest BCUT2D eigenvalue weighted by atomic mass is 32.1. The molecule has 2 aromatic carbocycles. The summed E-state index contributed by atoms with van der Waals surface area (Å²) in [5.41, 5.74) is 4.73. The Labute approximate surface area is 161 Å². The lowest BCUT2D eigenvalue weighted by Gasteiger charge is -2.37. The smallest absolute Gasteiger partial charge is 0.173 e. The number of nitrogens with zero attached hydrogens (tertiary/aromatic N) is 2. The minimum absolute atomic E-state index is 0.0781. The molecule has 26 heavy (non-hydrogen) atoms. The van der Waals surface area contributed by atoms with Crippen LogP contribution in [0.4, 0.5) is 11.4 Å². The quantitative estimate of drug-likeness (QED) is 0.815. The van der Waals surface area contributed by atoms with Gasteiger partial charge in [-0.1, -0.05) is 18.2 Å². The molecule has 1 aliphatic heterocycles. The number of para-hydroxylation sites is 2. The van der Waals surface area contributed by atoms with Gasteiger partial charge in [-0.3, -0.25) is 0 Å². The standard InChI is InChI=1S/C21H27N3OS/c1-5-24-14-18(25-20-9-7-6-8-19(20)24)13-23(4)21(26)22-17-11-10-15(2)16(3)12-17/h6-12,18H,5,13-14H2,1-4H3,(H,22,26)/t18-/m0/s1. The number of hydrogen-bond acceptors (Lipinski definition) is 3. The van der Waals surface area contributed by atoms with Gasteiger partial charge >= 0.3 is 0 Å². The van der Waals surface area contributed by atoms with Gasteiger partial charge in [0.25, 0.3) is 0 Å². The van der Waals surface area contributed by atoms with Crippen LogP contribution in [0.1, 0.15) is 18.1 Å². The first kappa shape index (κ1) is 18.5. The fraction of sp³-hybridized carbons (Fsp3) is 0.381. The molecule has 1 heterocycles. The van der Waals surface area contributed by atoms with Gasteiger partial charge in [0.05, 0.1) is 18.8 Å². The summed E-state index contributed by atoms with van der Waals surface area (Å²) < 4.78 is 6.20. The molecule has 0 aliphatic carbocycles. The second-order valence-corrected chi connectivity index (χ2v) is 7.24. The number of nitrogens with one attached hydrogen (secondary N) is 1. The van der Waals surface area contributed by atoms with E-state index < -0.39 is 0 Å². The van der Waals surface area contributed by atoms with Crippen LogP contribution in [0, 0.1) is 13.8 Å². The van der Waals surface area contributed by atoms with Crippen molar-refractivity contribution in [2.24, 2.45) is 0 Å². The third kappa shape index (κ3) is 4.10. The summed E-state index contributed by atoms with van der Waals surface area (Å²) in [4.78, 5) is 4.41. The van der Waals surface area contributed by atoms with E-state index in [1.54, 1.807) is 0 Å². The highest BCUT2D eigenvalue weighted by molar-refractivity contribution is 7.80. The Hall–Kier alpha value is -2.27. The Bertz CT molecular complexity index is 793. The van der Waals surface area contributed by atoms with Gasteiger partial charge in [-0.2, -0.15) is 0 Å². The van der Waals surface area contributed by atoms with Crippen molar-refractivity contribution >= 4 is 28.7 Å². The maximum Gasteiger partial charge on any atom is 0.173 e. The van der Waals surface area contributed by atoms with E-state index in [-0.39, 0.29) is 6.10 Å². The lowest BCUT2D eigenvalue weighted by atomic mass is 10.1. The number of likely N-dealkylation sites (N-methyl/N-ethyl adjacent to an activating group) is 2. The van der Waals surface area contributed by atoms with E-state index in [0.717, 1.165) is 31.1 Å². The summed E-state index contributed by atoms with van der Waals surface area (Å²) in [7, 11) is 2.01. The molecule has 0 radical (unpaired) electrons. The molecule has 0 saturated heterocycles. The number of anilines is 2. The Kier molecular flexibility index (Phi) is 5.67. The van der Waals surface area contributed by atoms with Crippen LogP contribution in [0.3, 0.4) is 0 Å². The lowest BCUT2D eigenvalue weighted by molar-refractivity contribution is 0.169. The zero-order chi connectivity index (χ0) is 18.7. The molecule has 0 unspecified atom stereocenters. The molecule has 5 heteroatoms. The maximum atomic E-state index is 6.20. The first-order valence-electron chi connectivity index (χ1n) is 9.08. The van der Waals surface area contributed by atoms with Gasteiger partial charge in [-0.25, -0.2) is 0 Å². The van der Waals surface area contributed by atoms with E-state index in [0.29, 0.717) is 5.11 Å². The molecule has 2 aromatic rings. The van der Waals surface area contributed by atoms with Gasteiger partial charge in [-0.05, 0) is 68.4 Å².